The fraction of sp³-hybridized carbons (Fsp3) is 0.333. The number of fused-ring (bicyclic) bond motifs is 1. The van der Waals surface area contributed by atoms with Crippen LogP contribution < -0.4 is 15.5 Å². The Morgan fingerprint density at radius 3 is 2.96 bits per heavy atom. The van der Waals surface area contributed by atoms with Crippen LogP contribution in [0.5, 0.6) is 5.75 Å². The number of rotatable bonds is 4. The highest BCUT2D eigenvalue weighted by molar-refractivity contribution is 5.94. The number of pyridine rings is 1. The molecule has 0 saturated heterocycles. The maximum absolute atomic E-state index is 12.5. The zero-order chi connectivity index (χ0) is 16.2. The van der Waals surface area contributed by atoms with E-state index in [-0.39, 0.29) is 16.9 Å². The number of aromatic nitrogens is 1. The molecular formula is C18H20N2O3. The summed E-state index contributed by atoms with van der Waals surface area (Å²) in [5, 5.41) is 2.80. The second-order valence-corrected chi connectivity index (χ2v) is 5.73. The van der Waals surface area contributed by atoms with Crippen LogP contribution in [0.4, 0.5) is 0 Å². The van der Waals surface area contributed by atoms with Crippen molar-refractivity contribution in [1.82, 2.24) is 10.3 Å². The molecule has 5 heteroatoms. The molecule has 0 aliphatic heterocycles. The van der Waals surface area contributed by atoms with Gasteiger partial charge in [-0.1, -0.05) is 12.1 Å². The third kappa shape index (κ3) is 3.28. The number of aromatic amines is 1. The molecular weight excluding hydrogens is 292 g/mol. The normalized spacial score (nSPS) is 13.3. The van der Waals surface area contributed by atoms with Crippen LogP contribution in [0.1, 0.15) is 40.0 Å². The zero-order valence-electron chi connectivity index (χ0n) is 13.1. The quantitative estimate of drug-likeness (QED) is 0.909. The molecule has 5 nitrogen and oxygen atoms in total. The van der Waals surface area contributed by atoms with Gasteiger partial charge in [-0.2, -0.15) is 0 Å². The first-order chi connectivity index (χ1) is 11.2. The van der Waals surface area contributed by atoms with Gasteiger partial charge in [0.2, 0.25) is 0 Å². The van der Waals surface area contributed by atoms with Crippen LogP contribution in [-0.2, 0) is 19.4 Å². The van der Waals surface area contributed by atoms with E-state index in [0.29, 0.717) is 6.54 Å². The Kier molecular flexibility index (Phi) is 4.46. The van der Waals surface area contributed by atoms with E-state index in [4.69, 9.17) is 4.74 Å². The van der Waals surface area contributed by atoms with E-state index < -0.39 is 0 Å². The van der Waals surface area contributed by atoms with E-state index in [1.807, 2.05) is 24.3 Å². The fourth-order valence-electron chi connectivity index (χ4n) is 2.93. The van der Waals surface area contributed by atoms with E-state index in [2.05, 4.69) is 10.3 Å². The molecule has 0 atom stereocenters. The summed E-state index contributed by atoms with van der Waals surface area (Å²) in [5.41, 5.74) is 2.72. The number of nitrogens with one attached hydrogen (secondary N) is 2. The maximum atomic E-state index is 12.5. The molecule has 1 aromatic carbocycles. The summed E-state index contributed by atoms with van der Waals surface area (Å²) >= 11 is 0. The van der Waals surface area contributed by atoms with Crippen LogP contribution >= 0.6 is 0 Å². The average molecular weight is 312 g/mol. The first kappa shape index (κ1) is 15.3. The zero-order valence-corrected chi connectivity index (χ0v) is 13.1. The van der Waals surface area contributed by atoms with Crippen LogP contribution in [0.15, 0.2) is 35.3 Å². The molecule has 2 N–H and O–H groups in total. The molecule has 2 aromatic rings. The van der Waals surface area contributed by atoms with E-state index in [9.17, 15) is 9.59 Å². The van der Waals surface area contributed by atoms with Gasteiger partial charge in [-0.05, 0) is 43.4 Å². The minimum Gasteiger partial charge on any atom is -0.497 e. The number of methoxy groups -OCH3 is 1. The van der Waals surface area contributed by atoms with Crippen molar-refractivity contribution in [3.05, 3.63) is 63.1 Å². The minimum absolute atomic E-state index is 0.137. The van der Waals surface area contributed by atoms with E-state index >= 15 is 0 Å². The van der Waals surface area contributed by atoms with Crippen molar-refractivity contribution >= 4 is 5.91 Å². The predicted octanol–water partition coefficient (Wildman–Crippen LogP) is 2.19. The second kappa shape index (κ2) is 6.69. The van der Waals surface area contributed by atoms with E-state index in [1.165, 1.54) is 6.20 Å². The Labute approximate surface area is 134 Å². The van der Waals surface area contributed by atoms with Crippen molar-refractivity contribution in [2.24, 2.45) is 0 Å². The molecule has 1 aromatic heterocycles. The number of ether oxygens (including phenoxy) is 1. The molecule has 3 rings (SSSR count). The lowest BCUT2D eigenvalue weighted by atomic mass is 9.94. The lowest BCUT2D eigenvalue weighted by Crippen LogP contribution is -2.31. The highest BCUT2D eigenvalue weighted by Gasteiger charge is 2.18. The molecule has 1 amide bonds. The number of aryl methyl sites for hydroxylation is 1. The van der Waals surface area contributed by atoms with Gasteiger partial charge in [0, 0.05) is 24.0 Å². The van der Waals surface area contributed by atoms with Gasteiger partial charge in [-0.15, -0.1) is 0 Å². The fourth-order valence-corrected chi connectivity index (χ4v) is 2.93. The third-order valence-electron chi connectivity index (χ3n) is 4.21. The van der Waals surface area contributed by atoms with Crippen LogP contribution in [0.25, 0.3) is 0 Å². The van der Waals surface area contributed by atoms with Gasteiger partial charge in [-0.3, -0.25) is 9.59 Å². The summed E-state index contributed by atoms with van der Waals surface area (Å²) in [4.78, 5) is 27.9. The standard InChI is InChI=1S/C18H20N2O3/c1-23-13-6-4-5-12(9-13)10-20-18(22)15-11-19-16-8-3-2-7-14(16)17(15)21/h4-6,9,11H,2-3,7-8,10H2,1H3,(H,19,21)(H,20,22). The number of hydrogen-bond acceptors (Lipinski definition) is 3. The van der Waals surface area contributed by atoms with Crippen LogP contribution in [0, 0.1) is 0 Å². The van der Waals surface area contributed by atoms with Gasteiger partial charge in [-0.25, -0.2) is 0 Å². The number of hydrogen-bond donors (Lipinski definition) is 2. The lowest BCUT2D eigenvalue weighted by molar-refractivity contribution is 0.0949. The summed E-state index contributed by atoms with van der Waals surface area (Å²) in [6, 6.07) is 7.47. The minimum atomic E-state index is -0.345. The first-order valence-electron chi connectivity index (χ1n) is 7.83. The highest BCUT2D eigenvalue weighted by Crippen LogP contribution is 2.16. The van der Waals surface area contributed by atoms with Gasteiger partial charge in [0.25, 0.3) is 5.91 Å². The molecule has 1 aliphatic rings. The summed E-state index contributed by atoms with van der Waals surface area (Å²) in [7, 11) is 1.60. The Morgan fingerprint density at radius 1 is 1.30 bits per heavy atom. The Hall–Kier alpha value is -2.56. The molecule has 0 fully saturated rings. The van der Waals surface area contributed by atoms with E-state index in [1.54, 1.807) is 7.11 Å². The highest BCUT2D eigenvalue weighted by atomic mass is 16.5. The molecule has 0 unspecified atom stereocenters. The average Bonchev–Trinajstić information content (AvgIpc) is 2.60. The van der Waals surface area contributed by atoms with Crippen LogP contribution in [0.3, 0.4) is 0 Å². The van der Waals surface area contributed by atoms with Crippen molar-refractivity contribution < 1.29 is 9.53 Å². The SMILES string of the molecule is COc1cccc(CNC(=O)c2c[nH]c3c(c2=O)CCCC3)c1. The van der Waals surface area contributed by atoms with Gasteiger partial charge in [0.15, 0.2) is 5.43 Å². The molecule has 0 radical (unpaired) electrons. The molecule has 23 heavy (non-hydrogen) atoms. The largest absolute Gasteiger partial charge is 0.497 e. The van der Waals surface area contributed by atoms with Crippen molar-refractivity contribution in [2.45, 2.75) is 32.2 Å². The summed E-state index contributed by atoms with van der Waals surface area (Å²) in [5.74, 6) is 0.394. The van der Waals surface area contributed by atoms with Gasteiger partial charge >= 0.3 is 0 Å². The number of amides is 1. The van der Waals surface area contributed by atoms with Crippen LogP contribution in [-0.4, -0.2) is 18.0 Å². The molecule has 0 saturated carbocycles. The van der Waals surface area contributed by atoms with Crippen molar-refractivity contribution in [3.63, 3.8) is 0 Å². The third-order valence-corrected chi connectivity index (χ3v) is 4.21. The number of H-pyrrole nitrogens is 1. The van der Waals surface area contributed by atoms with Crippen molar-refractivity contribution in [2.75, 3.05) is 7.11 Å². The second-order valence-electron chi connectivity index (χ2n) is 5.73. The first-order valence-corrected chi connectivity index (χ1v) is 7.83. The Morgan fingerprint density at radius 2 is 2.13 bits per heavy atom. The molecule has 1 heterocycles. The molecule has 0 bridgehead atoms. The van der Waals surface area contributed by atoms with Crippen molar-refractivity contribution in [1.29, 1.82) is 0 Å². The monoisotopic (exact) mass is 312 g/mol. The Balaban J connectivity index is 1.74. The molecule has 0 spiro atoms. The van der Waals surface area contributed by atoms with Gasteiger partial charge in [0.05, 0.1) is 7.11 Å². The Bertz CT molecular complexity index is 780. The number of carbonyl (C=O) groups is 1. The van der Waals surface area contributed by atoms with E-state index in [0.717, 1.165) is 48.3 Å². The van der Waals surface area contributed by atoms with Crippen LogP contribution in [0.2, 0.25) is 0 Å². The molecule has 120 valence electrons. The number of benzene rings is 1. The summed E-state index contributed by atoms with van der Waals surface area (Å²) in [6.07, 6.45) is 5.26. The topological polar surface area (TPSA) is 71.2 Å². The van der Waals surface area contributed by atoms with Gasteiger partial charge in [0.1, 0.15) is 11.3 Å². The number of carbonyl (C=O) groups excluding carboxylic acids is 1. The maximum Gasteiger partial charge on any atom is 0.257 e. The smallest absolute Gasteiger partial charge is 0.257 e. The lowest BCUT2D eigenvalue weighted by Gasteiger charge is -2.15. The predicted molar refractivity (Wildman–Crippen MR) is 87.9 cm³/mol. The molecule has 1 aliphatic carbocycles. The van der Waals surface area contributed by atoms with Gasteiger partial charge < -0.3 is 15.0 Å². The van der Waals surface area contributed by atoms with Crippen molar-refractivity contribution in [3.8, 4) is 5.75 Å². The summed E-state index contributed by atoms with van der Waals surface area (Å²) < 4.78 is 5.16. The summed E-state index contributed by atoms with van der Waals surface area (Å²) in [6.45, 7) is 0.354.